The molecule has 1 fully saturated rings. The first kappa shape index (κ1) is 34.9. The fourth-order valence-electron chi connectivity index (χ4n) is 2.75. The van der Waals surface area contributed by atoms with Gasteiger partial charge in [-0.15, -0.1) is 0 Å². The molecule has 0 aromatic rings. The summed E-state index contributed by atoms with van der Waals surface area (Å²) < 4.78 is 14.6. The summed E-state index contributed by atoms with van der Waals surface area (Å²) >= 11 is 0. The fourth-order valence-corrected chi connectivity index (χ4v) is 2.75. The normalized spacial score (nSPS) is 14.5. The first-order valence-corrected chi connectivity index (χ1v) is 12.4. The number of carbonyl (C=O) groups is 4. The molecule has 0 aliphatic carbocycles. The molecule has 0 aromatic heterocycles. The Bertz CT molecular complexity index is 492. The zero-order chi connectivity index (χ0) is 26.6. The van der Waals surface area contributed by atoms with Crippen LogP contribution in [0.4, 0.5) is 0 Å². The van der Waals surface area contributed by atoms with Crippen molar-refractivity contribution in [3.8, 4) is 0 Å². The first-order chi connectivity index (χ1) is 16.8. The van der Waals surface area contributed by atoms with E-state index in [2.05, 4.69) is 4.74 Å². The number of ether oxygens (including phenoxy) is 3. The van der Waals surface area contributed by atoms with Crippen molar-refractivity contribution in [2.24, 2.45) is 0 Å². The second-order valence-corrected chi connectivity index (χ2v) is 7.82. The van der Waals surface area contributed by atoms with E-state index in [0.29, 0.717) is 52.1 Å². The molecule has 0 radical (unpaired) electrons. The minimum Gasteiger partial charge on any atom is -0.481 e. The van der Waals surface area contributed by atoms with Crippen molar-refractivity contribution in [2.45, 2.75) is 89.9 Å². The molecule has 0 saturated carbocycles. The van der Waals surface area contributed by atoms with E-state index < -0.39 is 11.9 Å². The lowest BCUT2D eigenvalue weighted by atomic mass is 10.1. The largest absolute Gasteiger partial charge is 0.481 e. The van der Waals surface area contributed by atoms with Gasteiger partial charge in [0.25, 0.3) is 0 Å². The van der Waals surface area contributed by atoms with Crippen LogP contribution in [-0.4, -0.2) is 83.9 Å². The quantitative estimate of drug-likeness (QED) is 0.212. The maximum atomic E-state index is 11.0. The van der Waals surface area contributed by atoms with Gasteiger partial charge < -0.3 is 34.6 Å². The van der Waals surface area contributed by atoms with E-state index in [1.54, 1.807) is 0 Å². The van der Waals surface area contributed by atoms with Crippen molar-refractivity contribution in [1.29, 1.82) is 0 Å². The molecular weight excluding hydrogens is 464 g/mol. The lowest BCUT2D eigenvalue weighted by Gasteiger charge is -2.08. The maximum absolute atomic E-state index is 11.0. The van der Waals surface area contributed by atoms with Crippen molar-refractivity contribution in [3.05, 3.63) is 0 Å². The molecule has 0 unspecified atom stereocenters. The van der Waals surface area contributed by atoms with Gasteiger partial charge in [-0.05, 0) is 38.5 Å². The van der Waals surface area contributed by atoms with E-state index in [0.717, 1.165) is 51.4 Å². The summed E-state index contributed by atoms with van der Waals surface area (Å²) in [6.45, 7) is 1.58. The van der Waals surface area contributed by atoms with Crippen LogP contribution >= 0.6 is 0 Å². The predicted octanol–water partition coefficient (Wildman–Crippen LogP) is 2.69. The minimum atomic E-state index is -0.740. The summed E-state index contributed by atoms with van der Waals surface area (Å²) in [5, 5.41) is 32.9. The second-order valence-electron chi connectivity index (χ2n) is 7.82. The Labute approximate surface area is 207 Å². The third kappa shape index (κ3) is 34.0. The van der Waals surface area contributed by atoms with Gasteiger partial charge in [0, 0.05) is 25.7 Å². The van der Waals surface area contributed by atoms with E-state index in [-0.39, 0.29) is 38.0 Å². The van der Waals surface area contributed by atoms with Gasteiger partial charge in [-0.1, -0.05) is 25.7 Å². The van der Waals surface area contributed by atoms with E-state index >= 15 is 0 Å². The number of aliphatic hydroxyl groups is 2. The third-order valence-corrected chi connectivity index (χ3v) is 4.58. The number of carboxylic acid groups (broad SMARTS) is 2. The minimum absolute atomic E-state index is 0.0278. The molecule has 11 heteroatoms. The van der Waals surface area contributed by atoms with E-state index in [1.165, 1.54) is 0 Å². The molecule has 1 aliphatic rings. The smallest absolute Gasteiger partial charge is 0.305 e. The lowest BCUT2D eigenvalue weighted by Crippen LogP contribution is -2.11. The molecule has 0 spiro atoms. The number of esters is 2. The number of cyclic esters (lactones) is 2. The topological polar surface area (TPSA) is 177 Å². The van der Waals surface area contributed by atoms with Crippen LogP contribution in [0.25, 0.3) is 0 Å². The summed E-state index contributed by atoms with van der Waals surface area (Å²) in [5.74, 6) is -1.79. The van der Waals surface area contributed by atoms with Crippen molar-refractivity contribution in [2.75, 3.05) is 39.6 Å². The first-order valence-electron chi connectivity index (χ1n) is 12.4. The predicted molar refractivity (Wildman–Crippen MR) is 127 cm³/mol. The Morgan fingerprint density at radius 1 is 0.657 bits per heavy atom. The van der Waals surface area contributed by atoms with E-state index in [4.69, 9.17) is 29.9 Å². The van der Waals surface area contributed by atoms with E-state index in [9.17, 15) is 19.2 Å². The van der Waals surface area contributed by atoms with Gasteiger partial charge in [0.1, 0.15) is 0 Å². The number of unbranched alkanes of at least 4 members (excludes halogenated alkanes) is 5. The molecule has 4 N–H and O–H groups in total. The molecule has 35 heavy (non-hydrogen) atoms. The zero-order valence-electron chi connectivity index (χ0n) is 20.8. The molecule has 1 rings (SSSR count). The highest BCUT2D eigenvalue weighted by Gasteiger charge is 2.07. The molecule has 0 aromatic carbocycles. The SMILES string of the molecule is O=C(O)CCCCCCCCC(=O)O.O=C1CCCCC(=O)OCCCCO1.OCCOCCO. The van der Waals surface area contributed by atoms with Gasteiger partial charge in [-0.3, -0.25) is 19.2 Å². The van der Waals surface area contributed by atoms with Crippen molar-refractivity contribution < 1.29 is 53.8 Å². The van der Waals surface area contributed by atoms with Gasteiger partial charge in [0.2, 0.25) is 0 Å². The molecule has 206 valence electrons. The number of rotatable bonds is 13. The summed E-state index contributed by atoms with van der Waals surface area (Å²) in [6.07, 6.45) is 9.58. The molecule has 0 atom stereocenters. The molecule has 0 amide bonds. The monoisotopic (exact) mass is 508 g/mol. The Kier molecular flexibility index (Phi) is 27.9. The summed E-state index contributed by atoms with van der Waals surface area (Å²) in [4.78, 5) is 42.4. The van der Waals surface area contributed by atoms with Crippen LogP contribution in [0, 0.1) is 0 Å². The fraction of sp³-hybridized carbons (Fsp3) is 0.833. The number of carbonyl (C=O) groups excluding carboxylic acids is 2. The number of carboxylic acids is 2. The zero-order valence-corrected chi connectivity index (χ0v) is 20.8. The van der Waals surface area contributed by atoms with Gasteiger partial charge >= 0.3 is 23.9 Å². The van der Waals surface area contributed by atoms with Crippen LogP contribution in [0.3, 0.4) is 0 Å². The van der Waals surface area contributed by atoms with Crippen LogP contribution in [0.15, 0.2) is 0 Å². The number of aliphatic hydroxyl groups excluding tert-OH is 2. The maximum Gasteiger partial charge on any atom is 0.305 e. The van der Waals surface area contributed by atoms with Gasteiger partial charge in [-0.2, -0.15) is 0 Å². The van der Waals surface area contributed by atoms with Crippen molar-refractivity contribution in [1.82, 2.24) is 0 Å². The highest BCUT2D eigenvalue weighted by atomic mass is 16.5. The highest BCUT2D eigenvalue weighted by Crippen LogP contribution is 2.08. The van der Waals surface area contributed by atoms with Crippen molar-refractivity contribution >= 4 is 23.9 Å². The molecule has 0 bridgehead atoms. The second kappa shape index (κ2) is 28.0. The lowest BCUT2D eigenvalue weighted by molar-refractivity contribution is -0.147. The van der Waals surface area contributed by atoms with Gasteiger partial charge in [0.05, 0.1) is 39.6 Å². The van der Waals surface area contributed by atoms with Gasteiger partial charge in [0.15, 0.2) is 0 Å². The van der Waals surface area contributed by atoms with Crippen LogP contribution in [0.1, 0.15) is 89.9 Å². The highest BCUT2D eigenvalue weighted by molar-refractivity contribution is 5.70. The van der Waals surface area contributed by atoms with E-state index in [1.807, 2.05) is 0 Å². The van der Waals surface area contributed by atoms with Crippen LogP contribution in [0.5, 0.6) is 0 Å². The number of hydrogen-bond acceptors (Lipinski definition) is 9. The summed E-state index contributed by atoms with van der Waals surface area (Å²) in [6, 6.07) is 0. The van der Waals surface area contributed by atoms with Crippen molar-refractivity contribution in [3.63, 3.8) is 0 Å². The van der Waals surface area contributed by atoms with Gasteiger partial charge in [-0.25, -0.2) is 0 Å². The average Bonchev–Trinajstić information content (AvgIpc) is 2.81. The average molecular weight is 509 g/mol. The molecule has 11 nitrogen and oxygen atoms in total. The molecule has 1 aliphatic heterocycles. The summed E-state index contributed by atoms with van der Waals surface area (Å²) in [7, 11) is 0. The molecule has 1 saturated heterocycles. The van der Waals surface area contributed by atoms with Crippen LogP contribution < -0.4 is 0 Å². The van der Waals surface area contributed by atoms with Crippen LogP contribution in [-0.2, 0) is 33.4 Å². The summed E-state index contributed by atoms with van der Waals surface area (Å²) in [5.41, 5.74) is 0. The molecule has 1 heterocycles. The van der Waals surface area contributed by atoms with Crippen LogP contribution in [0.2, 0.25) is 0 Å². The Hall–Kier alpha value is -2.24. The Morgan fingerprint density at radius 2 is 1.03 bits per heavy atom. The number of aliphatic carboxylic acids is 2. The Balaban J connectivity index is 0. The third-order valence-electron chi connectivity index (χ3n) is 4.58. The Morgan fingerprint density at radius 3 is 1.37 bits per heavy atom. The number of hydrogen-bond donors (Lipinski definition) is 4. The standard InChI is InChI=1S/C10H16O4.C10H18O4.C4H10O3/c11-9-5-1-2-6-10(12)14-8-4-3-7-13-9;11-9(12)7-5-3-1-2-4-6-8-10(13)14;5-1-3-7-4-2-6/h1-8H2;1-8H2,(H,11,12)(H,13,14);5-6H,1-4H2. The molecular formula is C24H44O11.